The lowest BCUT2D eigenvalue weighted by Gasteiger charge is -2.38. The van der Waals surface area contributed by atoms with E-state index in [1.165, 1.54) is 116 Å². The van der Waals surface area contributed by atoms with Crippen molar-refractivity contribution >= 4 is 6.16 Å². The van der Waals surface area contributed by atoms with Crippen LogP contribution in [0.2, 0.25) is 0 Å². The summed E-state index contributed by atoms with van der Waals surface area (Å²) in [7, 11) is 0. The molecule has 56 heavy (non-hydrogen) atoms. The van der Waals surface area contributed by atoms with Crippen LogP contribution in [0.4, 0.5) is 4.79 Å². The van der Waals surface area contributed by atoms with Gasteiger partial charge >= 0.3 is 6.16 Å². The number of unbranched alkanes of at least 4 members (excludes halogenated alkanes) is 19. The summed E-state index contributed by atoms with van der Waals surface area (Å²) in [6, 6.07) is 30.8. The lowest BCUT2D eigenvalue weighted by Crippen LogP contribution is -2.41. The minimum absolute atomic E-state index is 0.189. The van der Waals surface area contributed by atoms with Gasteiger partial charge < -0.3 is 14.6 Å². The fourth-order valence-electron chi connectivity index (χ4n) is 7.92. The predicted molar refractivity (Wildman–Crippen MR) is 230 cm³/mol. The molecule has 0 bridgehead atoms. The third-order valence-corrected chi connectivity index (χ3v) is 11.1. The normalized spacial score (nSPS) is 14.8. The summed E-state index contributed by atoms with van der Waals surface area (Å²) in [6.45, 7) is 5.15. The van der Waals surface area contributed by atoms with E-state index in [1.807, 2.05) is 73.7 Å². The van der Waals surface area contributed by atoms with E-state index in [-0.39, 0.29) is 5.92 Å². The molecule has 0 fully saturated rings. The Labute approximate surface area is 339 Å². The molecule has 1 unspecified atom stereocenters. The molecule has 1 aliphatic heterocycles. The van der Waals surface area contributed by atoms with Crippen LogP contribution in [0, 0.1) is 5.92 Å². The molecule has 1 aliphatic rings. The van der Waals surface area contributed by atoms with Gasteiger partial charge in [0.1, 0.15) is 5.60 Å². The van der Waals surface area contributed by atoms with Crippen molar-refractivity contribution in [3.8, 4) is 0 Å². The van der Waals surface area contributed by atoms with E-state index in [0.29, 0.717) is 13.2 Å². The maximum Gasteiger partial charge on any atom is 0.508 e. The van der Waals surface area contributed by atoms with E-state index < -0.39 is 18.0 Å². The van der Waals surface area contributed by atoms with Crippen LogP contribution in [0.1, 0.15) is 159 Å². The molecule has 0 aliphatic carbocycles. The van der Waals surface area contributed by atoms with E-state index in [1.54, 1.807) is 11.3 Å². The van der Waals surface area contributed by atoms with Crippen molar-refractivity contribution in [3.05, 3.63) is 132 Å². The lowest BCUT2D eigenvalue weighted by atomic mass is 9.80. The minimum atomic E-state index is -1.34. The third-order valence-electron chi connectivity index (χ3n) is 11.1. The van der Waals surface area contributed by atoms with Gasteiger partial charge in [-0.3, -0.25) is 4.84 Å². The van der Waals surface area contributed by atoms with Crippen LogP contribution in [0.3, 0.4) is 0 Å². The maximum atomic E-state index is 11.9. The van der Waals surface area contributed by atoms with E-state index in [2.05, 4.69) is 43.3 Å². The number of hydrogen-bond donors (Lipinski definition) is 1. The van der Waals surface area contributed by atoms with Crippen molar-refractivity contribution in [1.29, 1.82) is 0 Å². The second-order valence-electron chi connectivity index (χ2n) is 15.6. The van der Waals surface area contributed by atoms with E-state index in [4.69, 9.17) is 14.3 Å². The van der Waals surface area contributed by atoms with Gasteiger partial charge in [0.2, 0.25) is 6.23 Å². The predicted octanol–water partition coefficient (Wildman–Crippen LogP) is 14.2. The van der Waals surface area contributed by atoms with Gasteiger partial charge in [-0.15, -0.1) is 0 Å². The van der Waals surface area contributed by atoms with E-state index >= 15 is 0 Å². The number of ether oxygens (including phenoxy) is 2. The van der Waals surface area contributed by atoms with Crippen molar-refractivity contribution in [2.24, 2.45) is 5.92 Å². The fraction of sp³-hybridized carbons (Fsp3) is 0.540. The molecule has 0 aromatic heterocycles. The van der Waals surface area contributed by atoms with Crippen molar-refractivity contribution in [1.82, 2.24) is 5.06 Å². The molecule has 3 aromatic rings. The molecule has 0 radical (unpaired) electrons. The summed E-state index contributed by atoms with van der Waals surface area (Å²) in [6.07, 6.45) is 30.1. The molecule has 6 heteroatoms. The molecular weight excluding hydrogens is 695 g/mol. The second-order valence-corrected chi connectivity index (χ2v) is 15.6. The maximum absolute atomic E-state index is 11.9. The Balaban J connectivity index is 1.17. The molecule has 0 saturated heterocycles. The van der Waals surface area contributed by atoms with Crippen LogP contribution < -0.4 is 0 Å². The molecule has 6 nitrogen and oxygen atoms in total. The zero-order valence-corrected chi connectivity index (χ0v) is 34.6. The summed E-state index contributed by atoms with van der Waals surface area (Å²) in [4.78, 5) is 18.1. The van der Waals surface area contributed by atoms with Gasteiger partial charge in [0.25, 0.3) is 0 Å². The highest BCUT2D eigenvalue weighted by atomic mass is 16.7. The standard InChI is InChI=1S/C50H71NO5/c1-3-4-5-6-7-8-9-10-11-12-13-14-15-16-17-18-19-20-21-31-41-55-51-40-32-39-47(48(51)56-49(52)53)43(2)42-54-50(44-33-25-22-26-34-44,45-35-27-23-28-36-45)46-37-29-24-30-38-46/h22-30,32-40,43,48H,3-21,31,41-42H2,1-2H3,(H,52,53)/t43?,48-/m1/s1. The summed E-state index contributed by atoms with van der Waals surface area (Å²) < 4.78 is 12.5. The van der Waals surface area contributed by atoms with Crippen molar-refractivity contribution in [3.63, 3.8) is 0 Å². The molecule has 3 aromatic carbocycles. The highest BCUT2D eigenvalue weighted by Crippen LogP contribution is 2.41. The molecule has 2 atom stereocenters. The Morgan fingerprint density at radius 1 is 0.625 bits per heavy atom. The van der Waals surface area contributed by atoms with Crippen LogP contribution >= 0.6 is 0 Å². The Morgan fingerprint density at radius 3 is 1.41 bits per heavy atom. The highest BCUT2D eigenvalue weighted by Gasteiger charge is 2.39. The lowest BCUT2D eigenvalue weighted by molar-refractivity contribution is -0.201. The zero-order chi connectivity index (χ0) is 39.5. The molecule has 0 saturated carbocycles. The summed E-state index contributed by atoms with van der Waals surface area (Å²) in [5.74, 6) is -0.189. The minimum Gasteiger partial charge on any atom is -0.450 e. The average molecular weight is 766 g/mol. The molecular formula is C50H71NO5. The van der Waals surface area contributed by atoms with Crippen molar-refractivity contribution < 1.29 is 24.2 Å². The van der Waals surface area contributed by atoms with Gasteiger partial charge in [-0.05, 0) is 34.8 Å². The first-order valence-electron chi connectivity index (χ1n) is 22.1. The molecule has 0 amide bonds. The first-order valence-corrected chi connectivity index (χ1v) is 22.1. The van der Waals surface area contributed by atoms with Gasteiger partial charge in [-0.25, -0.2) is 9.86 Å². The molecule has 0 spiro atoms. The zero-order valence-electron chi connectivity index (χ0n) is 34.6. The average Bonchev–Trinajstić information content (AvgIpc) is 3.23. The number of rotatable bonds is 30. The molecule has 4 rings (SSSR count). The van der Waals surface area contributed by atoms with Crippen LogP contribution in [-0.4, -0.2) is 35.8 Å². The SMILES string of the molecule is CCCCCCCCCCCCCCCCCCCCCCON1C=CC=C(C(C)COC(c2ccccc2)(c2ccccc2)c2ccccc2)[C@H]1OC(=O)O. The molecule has 1 heterocycles. The fourth-order valence-corrected chi connectivity index (χ4v) is 7.92. The second kappa shape index (κ2) is 26.9. The number of hydroxylamine groups is 2. The van der Waals surface area contributed by atoms with Gasteiger partial charge in [0.05, 0.1) is 13.2 Å². The number of hydrogen-bond acceptors (Lipinski definition) is 5. The Hall–Kier alpha value is -3.87. The summed E-state index contributed by atoms with van der Waals surface area (Å²) in [5.41, 5.74) is 2.94. The van der Waals surface area contributed by atoms with Crippen LogP contribution in [0.15, 0.2) is 115 Å². The topological polar surface area (TPSA) is 68.2 Å². The quantitative estimate of drug-likeness (QED) is 0.0414. The van der Waals surface area contributed by atoms with Gasteiger partial charge in [0.15, 0.2) is 0 Å². The number of allylic oxidation sites excluding steroid dienone is 2. The van der Waals surface area contributed by atoms with Gasteiger partial charge in [-0.2, -0.15) is 0 Å². The Morgan fingerprint density at radius 2 is 1.02 bits per heavy atom. The molecule has 306 valence electrons. The monoisotopic (exact) mass is 766 g/mol. The van der Waals surface area contributed by atoms with Crippen LogP contribution in [-0.2, 0) is 19.9 Å². The largest absolute Gasteiger partial charge is 0.508 e. The van der Waals surface area contributed by atoms with Crippen molar-refractivity contribution in [2.45, 2.75) is 154 Å². The first kappa shape index (κ1) is 44.8. The Bertz CT molecular complexity index is 1410. The van der Waals surface area contributed by atoms with E-state index in [0.717, 1.165) is 35.1 Å². The number of benzene rings is 3. The summed E-state index contributed by atoms with van der Waals surface area (Å²) >= 11 is 0. The number of carbonyl (C=O) groups is 1. The third kappa shape index (κ3) is 15.2. The van der Waals surface area contributed by atoms with Crippen LogP contribution in [0.5, 0.6) is 0 Å². The number of nitrogens with zero attached hydrogens (tertiary/aromatic N) is 1. The highest BCUT2D eigenvalue weighted by molar-refractivity contribution is 5.57. The first-order chi connectivity index (χ1) is 27.6. The number of carboxylic acid groups (broad SMARTS) is 1. The Kier molecular flexibility index (Phi) is 21.5. The van der Waals surface area contributed by atoms with Crippen molar-refractivity contribution in [2.75, 3.05) is 13.2 Å². The van der Waals surface area contributed by atoms with Gasteiger partial charge in [-0.1, -0.05) is 233 Å². The van der Waals surface area contributed by atoms with Crippen LogP contribution in [0.25, 0.3) is 0 Å². The molecule has 1 N–H and O–H groups in total. The smallest absolute Gasteiger partial charge is 0.450 e. The summed E-state index contributed by atoms with van der Waals surface area (Å²) in [5, 5.41) is 11.3. The van der Waals surface area contributed by atoms with E-state index in [9.17, 15) is 9.90 Å². The van der Waals surface area contributed by atoms with Gasteiger partial charge in [0, 0.05) is 12.1 Å².